The zero-order valence-corrected chi connectivity index (χ0v) is 9.78. The second kappa shape index (κ2) is 4.97. The molecule has 0 aliphatic rings. The van der Waals surface area contributed by atoms with Crippen LogP contribution in [0.3, 0.4) is 0 Å². The van der Waals surface area contributed by atoms with Crippen LogP contribution in [0.25, 0.3) is 0 Å². The lowest BCUT2D eigenvalue weighted by Gasteiger charge is -2.07. The third-order valence-electron chi connectivity index (χ3n) is 2.17. The van der Waals surface area contributed by atoms with E-state index in [2.05, 4.69) is 15.3 Å². The second-order valence-electron chi connectivity index (χ2n) is 3.40. The van der Waals surface area contributed by atoms with E-state index in [-0.39, 0.29) is 22.1 Å². The summed E-state index contributed by atoms with van der Waals surface area (Å²) in [6, 6.07) is 2.65. The van der Waals surface area contributed by atoms with Crippen LogP contribution in [0.1, 0.15) is 10.4 Å². The van der Waals surface area contributed by atoms with Crippen molar-refractivity contribution in [2.24, 2.45) is 0 Å². The van der Waals surface area contributed by atoms with Crippen molar-refractivity contribution in [3.05, 3.63) is 47.3 Å². The predicted molar refractivity (Wildman–Crippen MR) is 65.8 cm³/mol. The van der Waals surface area contributed by atoms with Crippen molar-refractivity contribution in [1.29, 1.82) is 0 Å². The minimum absolute atomic E-state index is 0.0161. The van der Waals surface area contributed by atoms with Gasteiger partial charge in [0.1, 0.15) is 5.15 Å². The van der Waals surface area contributed by atoms with Gasteiger partial charge in [-0.05, 0) is 12.1 Å². The van der Waals surface area contributed by atoms with Gasteiger partial charge in [-0.25, -0.2) is 9.37 Å². The van der Waals surface area contributed by atoms with E-state index in [0.717, 1.165) is 6.20 Å². The molecule has 7 heteroatoms. The van der Waals surface area contributed by atoms with Crippen LogP contribution in [0, 0.1) is 5.82 Å². The first-order chi connectivity index (χ1) is 8.58. The van der Waals surface area contributed by atoms with Crippen molar-refractivity contribution in [1.82, 2.24) is 9.97 Å². The zero-order valence-electron chi connectivity index (χ0n) is 9.02. The average Bonchev–Trinajstić information content (AvgIpc) is 2.35. The van der Waals surface area contributed by atoms with E-state index in [9.17, 15) is 9.18 Å². The third kappa shape index (κ3) is 2.54. The zero-order chi connectivity index (χ0) is 13.1. The lowest BCUT2D eigenvalue weighted by molar-refractivity contribution is 0.102. The van der Waals surface area contributed by atoms with Crippen molar-refractivity contribution in [3.8, 4) is 0 Å². The van der Waals surface area contributed by atoms with Crippen LogP contribution in [0.4, 0.5) is 15.8 Å². The van der Waals surface area contributed by atoms with Gasteiger partial charge in [-0.3, -0.25) is 9.78 Å². The third-order valence-corrected chi connectivity index (χ3v) is 2.37. The van der Waals surface area contributed by atoms with Gasteiger partial charge in [-0.15, -0.1) is 0 Å². The number of carbonyl (C=O) groups excluding carboxylic acids is 1. The van der Waals surface area contributed by atoms with Crippen LogP contribution in [0.2, 0.25) is 5.15 Å². The van der Waals surface area contributed by atoms with Crippen molar-refractivity contribution in [3.63, 3.8) is 0 Å². The molecular formula is C11H8ClFN4O. The maximum atomic E-state index is 13.3. The molecule has 0 radical (unpaired) electrons. The SMILES string of the molecule is Nc1cnc(Cl)cc1C(=O)Nc1ccncc1F. The van der Waals surface area contributed by atoms with E-state index in [1.807, 2.05) is 0 Å². The summed E-state index contributed by atoms with van der Waals surface area (Å²) in [5.74, 6) is -1.20. The van der Waals surface area contributed by atoms with Crippen LogP contribution in [0.5, 0.6) is 0 Å². The quantitative estimate of drug-likeness (QED) is 0.816. The average molecular weight is 267 g/mol. The number of carbonyl (C=O) groups is 1. The number of hydrogen-bond acceptors (Lipinski definition) is 4. The highest BCUT2D eigenvalue weighted by molar-refractivity contribution is 6.30. The van der Waals surface area contributed by atoms with Crippen molar-refractivity contribution in [2.45, 2.75) is 0 Å². The Morgan fingerprint density at radius 2 is 2.22 bits per heavy atom. The van der Waals surface area contributed by atoms with Gasteiger partial charge in [-0.1, -0.05) is 11.6 Å². The first-order valence-electron chi connectivity index (χ1n) is 4.90. The molecule has 0 aliphatic heterocycles. The molecule has 2 aromatic rings. The summed E-state index contributed by atoms with van der Waals surface area (Å²) in [6.07, 6.45) is 3.63. The fraction of sp³-hybridized carbons (Fsp3) is 0. The minimum atomic E-state index is -0.635. The molecule has 0 saturated carbocycles. The molecule has 3 N–H and O–H groups in total. The number of nitrogens with one attached hydrogen (secondary N) is 1. The van der Waals surface area contributed by atoms with Gasteiger partial charge in [0.25, 0.3) is 5.91 Å². The number of amides is 1. The summed E-state index contributed by atoms with van der Waals surface area (Å²) in [7, 11) is 0. The maximum absolute atomic E-state index is 13.3. The van der Waals surface area contributed by atoms with Crippen LogP contribution in [-0.2, 0) is 0 Å². The van der Waals surface area contributed by atoms with E-state index < -0.39 is 11.7 Å². The highest BCUT2D eigenvalue weighted by atomic mass is 35.5. The highest BCUT2D eigenvalue weighted by Gasteiger charge is 2.13. The van der Waals surface area contributed by atoms with Crippen LogP contribution in [-0.4, -0.2) is 15.9 Å². The number of pyridine rings is 2. The number of anilines is 2. The Morgan fingerprint density at radius 3 is 2.94 bits per heavy atom. The predicted octanol–water partition coefficient (Wildman–Crippen LogP) is 2.10. The molecule has 2 heterocycles. The molecule has 0 bridgehead atoms. The number of aromatic nitrogens is 2. The normalized spacial score (nSPS) is 10.1. The molecular weight excluding hydrogens is 259 g/mol. The topological polar surface area (TPSA) is 80.9 Å². The molecule has 0 fully saturated rings. The molecule has 0 unspecified atom stereocenters. The van der Waals surface area contributed by atoms with E-state index in [1.54, 1.807) is 0 Å². The monoisotopic (exact) mass is 266 g/mol. The molecule has 0 aromatic carbocycles. The molecule has 2 aromatic heterocycles. The molecule has 1 amide bonds. The summed E-state index contributed by atoms with van der Waals surface area (Å²) in [6.45, 7) is 0. The first-order valence-corrected chi connectivity index (χ1v) is 5.27. The number of halogens is 2. The Bertz CT molecular complexity index is 605. The van der Waals surface area contributed by atoms with Gasteiger partial charge >= 0.3 is 0 Å². The van der Waals surface area contributed by atoms with Gasteiger partial charge in [0.05, 0.1) is 29.3 Å². The summed E-state index contributed by atoms with van der Waals surface area (Å²) in [5.41, 5.74) is 5.90. The standard InChI is InChI=1S/C11H8ClFN4O/c12-10-3-6(8(14)5-16-10)11(18)17-9-1-2-15-4-7(9)13/h1-5H,14H2,(H,15,17,18). The van der Waals surface area contributed by atoms with Crippen molar-refractivity contribution >= 4 is 28.9 Å². The number of rotatable bonds is 2. The fourth-order valence-corrected chi connectivity index (χ4v) is 1.46. The fourth-order valence-electron chi connectivity index (χ4n) is 1.30. The van der Waals surface area contributed by atoms with E-state index >= 15 is 0 Å². The number of nitrogens with zero attached hydrogens (tertiary/aromatic N) is 2. The van der Waals surface area contributed by atoms with E-state index in [4.69, 9.17) is 17.3 Å². The van der Waals surface area contributed by atoms with Crippen LogP contribution in [0.15, 0.2) is 30.7 Å². The van der Waals surface area contributed by atoms with E-state index in [1.165, 1.54) is 24.5 Å². The van der Waals surface area contributed by atoms with Gasteiger partial charge in [-0.2, -0.15) is 0 Å². The Balaban J connectivity index is 2.28. The summed E-state index contributed by atoms with van der Waals surface area (Å²) < 4.78 is 13.3. The van der Waals surface area contributed by atoms with Crippen LogP contribution >= 0.6 is 11.6 Å². The lowest BCUT2D eigenvalue weighted by Crippen LogP contribution is -2.15. The molecule has 2 rings (SSSR count). The highest BCUT2D eigenvalue weighted by Crippen LogP contribution is 2.18. The summed E-state index contributed by atoms with van der Waals surface area (Å²) in [5, 5.41) is 2.50. The minimum Gasteiger partial charge on any atom is -0.397 e. The smallest absolute Gasteiger partial charge is 0.258 e. The van der Waals surface area contributed by atoms with E-state index in [0.29, 0.717) is 0 Å². The number of hydrogen-bond donors (Lipinski definition) is 2. The molecule has 0 spiro atoms. The molecule has 92 valence electrons. The Morgan fingerprint density at radius 1 is 1.44 bits per heavy atom. The molecule has 18 heavy (non-hydrogen) atoms. The molecule has 0 saturated heterocycles. The van der Waals surface area contributed by atoms with Gasteiger partial charge in [0.15, 0.2) is 5.82 Å². The van der Waals surface area contributed by atoms with Gasteiger partial charge in [0.2, 0.25) is 0 Å². The Hall–Kier alpha value is -2.21. The van der Waals surface area contributed by atoms with Crippen molar-refractivity contribution in [2.75, 3.05) is 11.1 Å². The number of nitrogens with two attached hydrogens (primary N) is 1. The van der Waals surface area contributed by atoms with Gasteiger partial charge < -0.3 is 11.1 Å². The summed E-state index contributed by atoms with van der Waals surface area (Å²) in [4.78, 5) is 19.2. The lowest BCUT2D eigenvalue weighted by atomic mass is 10.2. The Kier molecular flexibility index (Phi) is 3.38. The first kappa shape index (κ1) is 12.3. The molecule has 0 atom stereocenters. The largest absolute Gasteiger partial charge is 0.397 e. The Labute approximate surface area is 107 Å². The molecule has 5 nitrogen and oxygen atoms in total. The summed E-state index contributed by atoms with van der Waals surface area (Å²) >= 11 is 5.66. The molecule has 0 aliphatic carbocycles. The van der Waals surface area contributed by atoms with Gasteiger partial charge in [0, 0.05) is 6.20 Å². The second-order valence-corrected chi connectivity index (χ2v) is 3.79. The maximum Gasteiger partial charge on any atom is 0.258 e. The van der Waals surface area contributed by atoms with Crippen LogP contribution < -0.4 is 11.1 Å². The number of nitrogen functional groups attached to an aromatic ring is 1. The van der Waals surface area contributed by atoms with Crippen molar-refractivity contribution < 1.29 is 9.18 Å².